The molecule has 4 aromatic rings. The third-order valence-corrected chi connectivity index (χ3v) is 12.3. The van der Waals surface area contributed by atoms with Crippen LogP contribution < -0.4 is 30.7 Å². The number of rotatable bonds is 26. The van der Waals surface area contributed by atoms with Gasteiger partial charge in [-0.05, 0) is 71.7 Å². The Morgan fingerprint density at radius 3 is 1.41 bits per heavy atom. The molecule has 0 spiro atoms. The molecule has 0 fully saturated rings. The van der Waals surface area contributed by atoms with E-state index in [9.17, 15) is 28.2 Å². The Hall–Kier alpha value is -4.79. The first-order chi connectivity index (χ1) is 28.3. The van der Waals surface area contributed by atoms with Gasteiger partial charge in [-0.3, -0.25) is 9.59 Å². The Kier molecular flexibility index (Phi) is 19.3. The second-order valence-corrected chi connectivity index (χ2v) is 17.8. The fourth-order valence-corrected chi connectivity index (χ4v) is 8.66. The van der Waals surface area contributed by atoms with Crippen molar-refractivity contribution in [3.05, 3.63) is 131 Å². The number of aliphatic hydroxyl groups is 2. The predicted molar refractivity (Wildman–Crippen MR) is 232 cm³/mol. The van der Waals surface area contributed by atoms with E-state index in [1.54, 1.807) is 14.2 Å². The van der Waals surface area contributed by atoms with E-state index < -0.39 is 64.0 Å². The SMILES string of the molecule is COc1cccc(CNCC(O)C(Cc2ccccc2)NC(=O)CC(CC(=O)NC(Cc2ccccc2)C(O)CNCc2cccc(OC)c2)S(=O)(=O)CCC(C)C)c1. The van der Waals surface area contributed by atoms with Crippen LogP contribution in [0, 0.1) is 5.92 Å². The maximum absolute atomic E-state index is 13.9. The highest BCUT2D eigenvalue weighted by Gasteiger charge is 2.33. The number of methoxy groups -OCH3 is 2. The van der Waals surface area contributed by atoms with Crippen molar-refractivity contribution in [3.63, 3.8) is 0 Å². The first kappa shape index (κ1) is 46.9. The number of aliphatic hydroxyl groups excluding tert-OH is 2. The van der Waals surface area contributed by atoms with Crippen LogP contribution in [0.5, 0.6) is 11.5 Å². The van der Waals surface area contributed by atoms with Gasteiger partial charge in [-0.15, -0.1) is 0 Å². The summed E-state index contributed by atoms with van der Waals surface area (Å²) < 4.78 is 38.4. The van der Waals surface area contributed by atoms with Gasteiger partial charge in [-0.25, -0.2) is 8.42 Å². The molecule has 4 aromatic carbocycles. The summed E-state index contributed by atoms with van der Waals surface area (Å²) in [5.41, 5.74) is 3.67. The standard InChI is InChI=1S/C46H62N4O8S/c1-33(2)21-22-59(55,56)40(27-45(53)49-41(25-34-13-7-5-8-14-34)43(51)31-47-29-36-17-11-19-38(23-36)57-3)28-46(54)50-42(26-35-15-9-6-10-16-35)44(52)32-48-30-37-18-12-20-39(24-37)58-4/h5-20,23-24,33,40-44,47-48,51-52H,21-22,25-32H2,1-4H3,(H,49,53)(H,50,54). The number of benzene rings is 4. The molecule has 4 atom stereocenters. The lowest BCUT2D eigenvalue weighted by molar-refractivity contribution is -0.124. The van der Waals surface area contributed by atoms with E-state index in [2.05, 4.69) is 21.3 Å². The van der Waals surface area contributed by atoms with Crippen LogP contribution in [0.25, 0.3) is 0 Å². The summed E-state index contributed by atoms with van der Waals surface area (Å²) in [7, 11) is -0.740. The van der Waals surface area contributed by atoms with Crippen molar-refractivity contribution in [2.75, 3.05) is 33.1 Å². The van der Waals surface area contributed by atoms with E-state index >= 15 is 0 Å². The van der Waals surface area contributed by atoms with Gasteiger partial charge in [-0.2, -0.15) is 0 Å². The van der Waals surface area contributed by atoms with Gasteiger partial charge in [0.15, 0.2) is 9.84 Å². The third kappa shape index (κ3) is 16.8. The van der Waals surface area contributed by atoms with Gasteiger partial charge in [0.05, 0.1) is 49.5 Å². The Labute approximate surface area is 350 Å². The Morgan fingerprint density at radius 1 is 0.610 bits per heavy atom. The number of hydrogen-bond acceptors (Lipinski definition) is 10. The average molecular weight is 831 g/mol. The van der Waals surface area contributed by atoms with Gasteiger partial charge >= 0.3 is 0 Å². The van der Waals surface area contributed by atoms with Crippen molar-refractivity contribution in [1.82, 2.24) is 21.3 Å². The van der Waals surface area contributed by atoms with Crippen LogP contribution in [0.3, 0.4) is 0 Å². The molecule has 0 aliphatic heterocycles. The number of carbonyl (C=O) groups excluding carboxylic acids is 2. The highest BCUT2D eigenvalue weighted by atomic mass is 32.2. The number of ether oxygens (including phenoxy) is 2. The highest BCUT2D eigenvalue weighted by Crippen LogP contribution is 2.19. The zero-order valence-corrected chi connectivity index (χ0v) is 35.5. The minimum atomic E-state index is -3.93. The number of carbonyl (C=O) groups is 2. The first-order valence-corrected chi connectivity index (χ1v) is 22.0. The third-order valence-electron chi connectivity index (χ3n) is 10.2. The second-order valence-electron chi connectivity index (χ2n) is 15.4. The lowest BCUT2D eigenvalue weighted by Crippen LogP contribution is -2.51. The normalized spacial score (nSPS) is 14.2. The molecular formula is C46H62N4O8S. The molecule has 2 amide bonds. The molecule has 0 heterocycles. The van der Waals surface area contributed by atoms with Crippen LogP contribution in [0.4, 0.5) is 0 Å². The molecular weight excluding hydrogens is 769 g/mol. The van der Waals surface area contributed by atoms with Crippen molar-refractivity contribution >= 4 is 21.7 Å². The Morgan fingerprint density at radius 2 is 1.02 bits per heavy atom. The van der Waals surface area contributed by atoms with Crippen LogP contribution in [-0.4, -0.2) is 93.0 Å². The van der Waals surface area contributed by atoms with E-state index in [1.165, 1.54) is 0 Å². The minimum Gasteiger partial charge on any atom is -0.497 e. The molecule has 0 bridgehead atoms. The molecule has 0 aliphatic carbocycles. The second kappa shape index (κ2) is 24.3. The number of nitrogens with one attached hydrogen (secondary N) is 4. The van der Waals surface area contributed by atoms with Crippen LogP contribution >= 0.6 is 0 Å². The van der Waals surface area contributed by atoms with E-state index in [-0.39, 0.29) is 24.8 Å². The van der Waals surface area contributed by atoms with Crippen molar-refractivity contribution in [3.8, 4) is 11.5 Å². The molecule has 12 nitrogen and oxygen atoms in total. The van der Waals surface area contributed by atoms with E-state index in [4.69, 9.17) is 9.47 Å². The zero-order chi connectivity index (χ0) is 42.6. The van der Waals surface area contributed by atoms with Crippen LogP contribution in [0.15, 0.2) is 109 Å². The summed E-state index contributed by atoms with van der Waals surface area (Å²) in [6.07, 6.45) is -2.04. The van der Waals surface area contributed by atoms with Crippen LogP contribution in [0.1, 0.15) is 55.4 Å². The molecule has 0 saturated heterocycles. The van der Waals surface area contributed by atoms with Gasteiger partial charge in [0.2, 0.25) is 11.8 Å². The van der Waals surface area contributed by atoms with Crippen molar-refractivity contribution in [2.45, 2.75) is 88.6 Å². The zero-order valence-electron chi connectivity index (χ0n) is 34.7. The Balaban J connectivity index is 1.47. The molecule has 4 rings (SSSR count). The molecule has 4 unspecified atom stereocenters. The quantitative estimate of drug-likeness (QED) is 0.0534. The topological polar surface area (TPSA) is 175 Å². The highest BCUT2D eigenvalue weighted by molar-refractivity contribution is 7.92. The van der Waals surface area contributed by atoms with Gasteiger partial charge in [-0.1, -0.05) is 98.8 Å². The summed E-state index contributed by atoms with van der Waals surface area (Å²) in [5.74, 6) is 0.136. The van der Waals surface area contributed by atoms with Crippen LogP contribution in [0.2, 0.25) is 0 Å². The van der Waals surface area contributed by atoms with Crippen molar-refractivity contribution < 1.29 is 37.7 Å². The van der Waals surface area contributed by atoms with E-state index in [0.717, 1.165) is 22.3 Å². The number of hydrogen-bond donors (Lipinski definition) is 6. The lowest BCUT2D eigenvalue weighted by Gasteiger charge is -2.27. The molecule has 0 aromatic heterocycles. The van der Waals surface area contributed by atoms with Crippen molar-refractivity contribution in [1.29, 1.82) is 0 Å². The molecule has 0 radical (unpaired) electrons. The number of sulfone groups is 1. The summed E-state index contributed by atoms with van der Waals surface area (Å²) in [6, 6.07) is 32.4. The molecule has 0 saturated carbocycles. The molecule has 320 valence electrons. The van der Waals surface area contributed by atoms with Gasteiger partial charge in [0.1, 0.15) is 11.5 Å². The van der Waals surface area contributed by atoms with Gasteiger partial charge in [0.25, 0.3) is 0 Å². The van der Waals surface area contributed by atoms with Crippen LogP contribution in [-0.2, 0) is 45.4 Å². The molecule has 0 aliphatic rings. The average Bonchev–Trinajstić information content (AvgIpc) is 3.23. The predicted octanol–water partition coefficient (Wildman–Crippen LogP) is 4.37. The summed E-state index contributed by atoms with van der Waals surface area (Å²) in [6.45, 7) is 5.02. The molecule has 6 N–H and O–H groups in total. The minimum absolute atomic E-state index is 0.0813. The summed E-state index contributed by atoms with van der Waals surface area (Å²) in [4.78, 5) is 27.7. The molecule has 59 heavy (non-hydrogen) atoms. The summed E-state index contributed by atoms with van der Waals surface area (Å²) in [5, 5.41) is 33.7. The van der Waals surface area contributed by atoms with Gasteiger partial charge in [0, 0.05) is 39.0 Å². The first-order valence-electron chi connectivity index (χ1n) is 20.3. The van der Waals surface area contributed by atoms with E-state index in [1.807, 2.05) is 123 Å². The smallest absolute Gasteiger partial charge is 0.221 e. The van der Waals surface area contributed by atoms with E-state index in [0.29, 0.717) is 43.9 Å². The molecule has 13 heteroatoms. The van der Waals surface area contributed by atoms with Crippen molar-refractivity contribution in [2.24, 2.45) is 5.92 Å². The number of amides is 2. The lowest BCUT2D eigenvalue weighted by atomic mass is 10.00. The van der Waals surface area contributed by atoms with Gasteiger partial charge < -0.3 is 41.0 Å². The largest absolute Gasteiger partial charge is 0.497 e. The maximum atomic E-state index is 13.9. The fraction of sp³-hybridized carbons (Fsp3) is 0.435. The monoisotopic (exact) mass is 830 g/mol. The summed E-state index contributed by atoms with van der Waals surface area (Å²) >= 11 is 0. The fourth-order valence-electron chi connectivity index (χ4n) is 6.72. The Bertz CT molecular complexity index is 1850. The maximum Gasteiger partial charge on any atom is 0.221 e.